The first-order valence-corrected chi connectivity index (χ1v) is 7.79. The van der Waals surface area contributed by atoms with Gasteiger partial charge in [0.25, 0.3) is 5.69 Å². The van der Waals surface area contributed by atoms with Crippen molar-refractivity contribution in [2.24, 2.45) is 5.73 Å². The summed E-state index contributed by atoms with van der Waals surface area (Å²) in [5.41, 5.74) is 7.95. The quantitative estimate of drug-likeness (QED) is 0.601. The van der Waals surface area contributed by atoms with Crippen LogP contribution in [0.15, 0.2) is 42.5 Å². The highest BCUT2D eigenvalue weighted by molar-refractivity contribution is 5.94. The molecule has 0 aliphatic carbocycles. The van der Waals surface area contributed by atoms with Gasteiger partial charge < -0.3 is 11.1 Å². The lowest BCUT2D eigenvalue weighted by molar-refractivity contribution is -0.384. The summed E-state index contributed by atoms with van der Waals surface area (Å²) in [6.07, 6.45) is 0.743. The van der Waals surface area contributed by atoms with E-state index in [2.05, 4.69) is 43.4 Å². The molecule has 0 aromatic heterocycles. The minimum Gasteiger partial charge on any atom is -0.379 e. The summed E-state index contributed by atoms with van der Waals surface area (Å²) < 4.78 is 0. The second-order valence-electron chi connectivity index (χ2n) is 5.93. The summed E-state index contributed by atoms with van der Waals surface area (Å²) in [5, 5.41) is 14.2. The first kappa shape index (κ1) is 17.5. The maximum atomic E-state index is 11.1. The van der Waals surface area contributed by atoms with Gasteiger partial charge in [-0.3, -0.25) is 14.9 Å². The number of nitrogens with two attached hydrogens (primary N) is 1. The summed E-state index contributed by atoms with van der Waals surface area (Å²) in [6.45, 7) is 4.84. The molecule has 2 aromatic rings. The number of carbonyl (C=O) groups excluding carboxylic acids is 1. The van der Waals surface area contributed by atoms with E-state index in [1.165, 1.54) is 23.8 Å². The van der Waals surface area contributed by atoms with Crippen LogP contribution in [0.1, 0.15) is 41.3 Å². The van der Waals surface area contributed by atoms with Crippen molar-refractivity contribution >= 4 is 17.3 Å². The first-order valence-electron chi connectivity index (χ1n) is 7.79. The van der Waals surface area contributed by atoms with Crippen molar-refractivity contribution in [3.05, 3.63) is 69.3 Å². The molecule has 0 unspecified atom stereocenters. The van der Waals surface area contributed by atoms with Gasteiger partial charge in [-0.25, -0.2) is 0 Å². The molecular weight excluding hydrogens is 306 g/mol. The number of nitrogens with zero attached hydrogens (tertiary/aromatic N) is 1. The van der Waals surface area contributed by atoms with Crippen molar-refractivity contribution in [1.29, 1.82) is 0 Å². The largest absolute Gasteiger partial charge is 0.379 e. The number of nitro benzene ring substituents is 1. The van der Waals surface area contributed by atoms with Crippen molar-refractivity contribution in [3.63, 3.8) is 0 Å². The zero-order valence-corrected chi connectivity index (χ0v) is 13.8. The summed E-state index contributed by atoms with van der Waals surface area (Å²) >= 11 is 0. The SMILES string of the molecule is CC(C)c1ccc(CCNc2ccc(C(N)=O)cc2[N+](=O)[O-])cc1. The molecule has 0 fully saturated rings. The molecule has 2 aromatic carbocycles. The zero-order chi connectivity index (χ0) is 17.7. The van der Waals surface area contributed by atoms with E-state index in [1.807, 2.05) is 0 Å². The van der Waals surface area contributed by atoms with E-state index >= 15 is 0 Å². The van der Waals surface area contributed by atoms with E-state index < -0.39 is 10.8 Å². The molecule has 24 heavy (non-hydrogen) atoms. The van der Waals surface area contributed by atoms with E-state index in [9.17, 15) is 14.9 Å². The van der Waals surface area contributed by atoms with E-state index in [0.29, 0.717) is 18.2 Å². The predicted molar refractivity (Wildman–Crippen MR) is 94.3 cm³/mol. The lowest BCUT2D eigenvalue weighted by atomic mass is 10.0. The summed E-state index contributed by atoms with van der Waals surface area (Å²) in [7, 11) is 0. The fourth-order valence-corrected chi connectivity index (χ4v) is 2.40. The summed E-state index contributed by atoms with van der Waals surface area (Å²) in [4.78, 5) is 21.8. The van der Waals surface area contributed by atoms with Gasteiger partial charge in [-0.1, -0.05) is 38.1 Å². The third-order valence-corrected chi connectivity index (χ3v) is 3.85. The van der Waals surface area contributed by atoms with Crippen LogP contribution in [0.25, 0.3) is 0 Å². The highest BCUT2D eigenvalue weighted by Gasteiger charge is 2.16. The Morgan fingerprint density at radius 2 is 1.88 bits per heavy atom. The third kappa shape index (κ3) is 4.32. The first-order chi connectivity index (χ1) is 11.4. The van der Waals surface area contributed by atoms with Crippen LogP contribution in [0.5, 0.6) is 0 Å². The van der Waals surface area contributed by atoms with Crippen LogP contribution in [-0.2, 0) is 6.42 Å². The molecular formula is C18H21N3O3. The Morgan fingerprint density at radius 1 is 1.21 bits per heavy atom. The standard InChI is InChI=1S/C18H21N3O3/c1-12(2)14-5-3-13(4-6-14)9-10-20-16-8-7-15(18(19)22)11-17(16)21(23)24/h3-8,11-12,20H,9-10H2,1-2H3,(H2,19,22). The second-order valence-corrected chi connectivity index (χ2v) is 5.93. The summed E-state index contributed by atoms with van der Waals surface area (Å²) in [6, 6.07) is 12.5. The van der Waals surface area contributed by atoms with E-state index in [0.717, 1.165) is 12.0 Å². The molecule has 0 saturated heterocycles. The molecule has 0 bridgehead atoms. The van der Waals surface area contributed by atoms with Gasteiger partial charge in [0, 0.05) is 18.2 Å². The lowest BCUT2D eigenvalue weighted by Gasteiger charge is -2.09. The molecule has 0 radical (unpaired) electrons. The van der Waals surface area contributed by atoms with E-state index in [4.69, 9.17) is 5.73 Å². The number of amides is 1. The molecule has 0 saturated carbocycles. The fraction of sp³-hybridized carbons (Fsp3) is 0.278. The van der Waals surface area contributed by atoms with Gasteiger partial charge >= 0.3 is 0 Å². The number of nitro groups is 1. The molecule has 126 valence electrons. The van der Waals surface area contributed by atoms with E-state index in [1.54, 1.807) is 0 Å². The molecule has 6 heteroatoms. The second kappa shape index (κ2) is 7.59. The van der Waals surface area contributed by atoms with Crippen LogP contribution in [0.4, 0.5) is 11.4 Å². The fourth-order valence-electron chi connectivity index (χ4n) is 2.40. The Kier molecular flexibility index (Phi) is 5.52. The topological polar surface area (TPSA) is 98.3 Å². The molecule has 1 amide bonds. The van der Waals surface area contributed by atoms with Gasteiger partial charge in [0.2, 0.25) is 5.91 Å². The molecule has 0 aliphatic heterocycles. The summed E-state index contributed by atoms with van der Waals surface area (Å²) in [5.74, 6) is -0.196. The Bertz CT molecular complexity index is 740. The number of nitrogens with one attached hydrogen (secondary N) is 1. The van der Waals surface area contributed by atoms with Crippen molar-refractivity contribution in [2.75, 3.05) is 11.9 Å². The highest BCUT2D eigenvalue weighted by Crippen LogP contribution is 2.25. The minimum atomic E-state index is -0.685. The number of carbonyl (C=O) groups is 1. The number of rotatable bonds is 7. The molecule has 3 N–H and O–H groups in total. The number of primary amides is 1. The van der Waals surface area contributed by atoms with Crippen molar-refractivity contribution in [3.8, 4) is 0 Å². The van der Waals surface area contributed by atoms with Crippen LogP contribution >= 0.6 is 0 Å². The Labute approximate surface area is 140 Å². The maximum absolute atomic E-state index is 11.1. The average molecular weight is 327 g/mol. The van der Waals surface area contributed by atoms with Gasteiger partial charge in [0.15, 0.2) is 0 Å². The predicted octanol–water partition coefficient (Wildman–Crippen LogP) is 3.47. The highest BCUT2D eigenvalue weighted by atomic mass is 16.6. The molecule has 0 heterocycles. The van der Waals surface area contributed by atoms with Gasteiger partial charge in [0.05, 0.1) is 4.92 Å². The van der Waals surface area contributed by atoms with Gasteiger partial charge in [-0.05, 0) is 35.6 Å². The van der Waals surface area contributed by atoms with Gasteiger partial charge in [-0.2, -0.15) is 0 Å². The Hall–Kier alpha value is -2.89. The Balaban J connectivity index is 2.03. The molecule has 2 rings (SSSR count). The number of anilines is 1. The van der Waals surface area contributed by atoms with E-state index in [-0.39, 0.29) is 11.3 Å². The third-order valence-electron chi connectivity index (χ3n) is 3.85. The van der Waals surface area contributed by atoms with Crippen molar-refractivity contribution in [2.45, 2.75) is 26.2 Å². The molecule has 0 aliphatic rings. The van der Waals surface area contributed by atoms with Crippen molar-refractivity contribution in [1.82, 2.24) is 0 Å². The average Bonchev–Trinajstić information content (AvgIpc) is 2.55. The van der Waals surface area contributed by atoms with Crippen LogP contribution in [-0.4, -0.2) is 17.4 Å². The minimum absolute atomic E-state index is 0.122. The van der Waals surface area contributed by atoms with Crippen LogP contribution < -0.4 is 11.1 Å². The molecule has 6 nitrogen and oxygen atoms in total. The Morgan fingerprint density at radius 3 is 2.42 bits per heavy atom. The number of benzene rings is 2. The molecule has 0 atom stereocenters. The van der Waals surface area contributed by atoms with Crippen LogP contribution in [0.2, 0.25) is 0 Å². The smallest absolute Gasteiger partial charge is 0.293 e. The zero-order valence-electron chi connectivity index (χ0n) is 13.8. The normalized spacial score (nSPS) is 10.6. The molecule has 0 spiro atoms. The maximum Gasteiger partial charge on any atom is 0.293 e. The van der Waals surface area contributed by atoms with Gasteiger partial charge in [-0.15, -0.1) is 0 Å². The lowest BCUT2D eigenvalue weighted by Crippen LogP contribution is -2.12. The van der Waals surface area contributed by atoms with Crippen LogP contribution in [0, 0.1) is 10.1 Å². The monoisotopic (exact) mass is 327 g/mol. The van der Waals surface area contributed by atoms with Crippen LogP contribution in [0.3, 0.4) is 0 Å². The number of hydrogen-bond acceptors (Lipinski definition) is 4. The number of hydrogen-bond donors (Lipinski definition) is 2. The van der Waals surface area contributed by atoms with Crippen molar-refractivity contribution < 1.29 is 9.72 Å². The van der Waals surface area contributed by atoms with Gasteiger partial charge in [0.1, 0.15) is 5.69 Å².